The Balaban J connectivity index is 1.66. The van der Waals surface area contributed by atoms with Gasteiger partial charge in [-0.1, -0.05) is 88.7 Å². The topological polar surface area (TPSA) is 86.8 Å². The second-order valence-corrected chi connectivity index (χ2v) is 13.2. The number of fused-ring (bicyclic) bond motifs is 1. The van der Waals surface area contributed by atoms with Crippen LogP contribution in [0.5, 0.6) is 0 Å². The number of carbonyl (C=O) groups is 2. The van der Waals surface area contributed by atoms with Gasteiger partial charge in [0.1, 0.15) is 6.04 Å². The van der Waals surface area contributed by atoms with Gasteiger partial charge in [-0.3, -0.25) is 9.59 Å². The molecule has 2 amide bonds. The molecule has 0 heterocycles. The van der Waals surface area contributed by atoms with E-state index in [1.54, 1.807) is 18.2 Å². The molecule has 9 heteroatoms. The van der Waals surface area contributed by atoms with Gasteiger partial charge in [0.05, 0.1) is 11.4 Å². The fraction of sp³-hybridized carbons (Fsp3) is 0.250. The van der Waals surface area contributed by atoms with Gasteiger partial charge in [-0.25, -0.2) is 8.42 Å². The van der Waals surface area contributed by atoms with E-state index in [4.69, 9.17) is 0 Å². The molecule has 0 fully saturated rings. The van der Waals surface area contributed by atoms with Crippen molar-refractivity contribution in [3.05, 3.63) is 113 Å². The minimum Gasteiger partial charge on any atom is -0.352 e. The van der Waals surface area contributed by atoms with E-state index in [2.05, 4.69) is 21.2 Å². The van der Waals surface area contributed by atoms with Crippen molar-refractivity contribution in [2.45, 2.75) is 43.8 Å². The summed E-state index contributed by atoms with van der Waals surface area (Å²) in [7, 11) is -2.59. The minimum atomic E-state index is -3.98. The number of hydrogen-bond acceptors (Lipinski definition) is 4. The molecule has 0 spiro atoms. The number of sulfonamides is 1. The predicted molar refractivity (Wildman–Crippen MR) is 166 cm³/mol. The third-order valence-corrected chi connectivity index (χ3v) is 9.08. The first-order valence-corrected chi connectivity index (χ1v) is 15.6. The van der Waals surface area contributed by atoms with E-state index in [1.165, 1.54) is 11.9 Å². The zero-order valence-electron chi connectivity index (χ0n) is 23.3. The summed E-state index contributed by atoms with van der Waals surface area (Å²) in [6.07, 6.45) is 0.281. The number of hydrogen-bond donors (Lipinski definition) is 1. The average Bonchev–Trinajstić information content (AvgIpc) is 2.95. The minimum absolute atomic E-state index is 0.101. The summed E-state index contributed by atoms with van der Waals surface area (Å²) >= 11 is 3.44. The van der Waals surface area contributed by atoms with Crippen LogP contribution in [0.15, 0.2) is 106 Å². The van der Waals surface area contributed by atoms with Crippen LogP contribution in [0.4, 0.5) is 0 Å². The standard InChI is InChI=1S/C32H34BrN3O4S/c1-23(2)34-32(38)30(19-24-9-5-4-6-10-24)36(21-25-13-16-28(33)17-14-25)31(37)22-35(3)41(39,40)29-18-15-26-11-7-8-12-27(26)20-29/h4-18,20,23,30H,19,21-22H2,1-3H3,(H,34,38)/t30-/m1/s1. The Bertz CT molecular complexity index is 1610. The molecule has 0 aliphatic rings. The molecule has 7 nitrogen and oxygen atoms in total. The number of rotatable bonds is 11. The normalized spacial score (nSPS) is 12.4. The molecule has 0 aliphatic carbocycles. The van der Waals surface area contributed by atoms with Crippen LogP contribution in [-0.4, -0.2) is 55.1 Å². The quantitative estimate of drug-likeness (QED) is 0.239. The molecule has 0 aliphatic heterocycles. The molecule has 4 rings (SSSR count). The third kappa shape index (κ3) is 7.81. The fourth-order valence-electron chi connectivity index (χ4n) is 4.60. The molecular formula is C32H34BrN3O4S. The highest BCUT2D eigenvalue weighted by atomic mass is 79.9. The molecule has 0 unspecified atom stereocenters. The van der Waals surface area contributed by atoms with Gasteiger partial charge in [0.25, 0.3) is 0 Å². The second-order valence-electron chi connectivity index (χ2n) is 10.3. The van der Waals surface area contributed by atoms with E-state index < -0.39 is 28.5 Å². The largest absolute Gasteiger partial charge is 0.352 e. The zero-order chi connectivity index (χ0) is 29.6. The van der Waals surface area contributed by atoms with Crippen molar-refractivity contribution in [1.82, 2.24) is 14.5 Å². The monoisotopic (exact) mass is 635 g/mol. The lowest BCUT2D eigenvalue weighted by Crippen LogP contribution is -2.53. The number of benzene rings is 4. The average molecular weight is 637 g/mol. The van der Waals surface area contributed by atoms with Gasteiger partial charge in [0, 0.05) is 30.5 Å². The molecule has 4 aromatic rings. The first kappa shape index (κ1) is 30.4. The number of carbonyl (C=O) groups excluding carboxylic acids is 2. The van der Waals surface area contributed by atoms with Crippen LogP contribution in [0.25, 0.3) is 10.8 Å². The molecule has 1 atom stereocenters. The lowest BCUT2D eigenvalue weighted by molar-refractivity contribution is -0.141. The molecule has 0 aromatic heterocycles. The Morgan fingerprint density at radius 1 is 0.829 bits per heavy atom. The Labute approximate surface area is 250 Å². The van der Waals surface area contributed by atoms with Gasteiger partial charge >= 0.3 is 0 Å². The fourth-order valence-corrected chi connectivity index (χ4v) is 6.02. The molecule has 0 saturated heterocycles. The van der Waals surface area contributed by atoms with E-state index in [0.29, 0.717) is 0 Å². The molecule has 214 valence electrons. The van der Waals surface area contributed by atoms with Crippen molar-refractivity contribution in [3.63, 3.8) is 0 Å². The highest BCUT2D eigenvalue weighted by Crippen LogP contribution is 2.22. The van der Waals surface area contributed by atoms with Crippen molar-refractivity contribution in [2.24, 2.45) is 0 Å². The number of likely N-dealkylation sites (N-methyl/N-ethyl adjacent to an activating group) is 1. The van der Waals surface area contributed by atoms with E-state index in [9.17, 15) is 18.0 Å². The lowest BCUT2D eigenvalue weighted by atomic mass is 10.0. The van der Waals surface area contributed by atoms with Crippen LogP contribution in [0.2, 0.25) is 0 Å². The number of amides is 2. The Kier molecular flexibility index (Phi) is 9.96. The van der Waals surface area contributed by atoms with Gasteiger partial charge < -0.3 is 10.2 Å². The van der Waals surface area contributed by atoms with E-state index in [1.807, 2.05) is 92.7 Å². The van der Waals surface area contributed by atoms with Crippen LogP contribution in [0, 0.1) is 0 Å². The smallest absolute Gasteiger partial charge is 0.243 e. The van der Waals surface area contributed by atoms with Crippen LogP contribution in [0.1, 0.15) is 25.0 Å². The predicted octanol–water partition coefficient (Wildman–Crippen LogP) is 5.39. The molecule has 0 saturated carbocycles. The first-order chi connectivity index (χ1) is 19.5. The summed E-state index contributed by atoms with van der Waals surface area (Å²) < 4.78 is 29.0. The van der Waals surface area contributed by atoms with Gasteiger partial charge in [-0.05, 0) is 60.0 Å². The van der Waals surface area contributed by atoms with Crippen molar-refractivity contribution in [2.75, 3.05) is 13.6 Å². The third-order valence-electron chi connectivity index (χ3n) is 6.76. The molecule has 1 N–H and O–H groups in total. The summed E-state index contributed by atoms with van der Waals surface area (Å²) in [5.74, 6) is -0.769. The van der Waals surface area contributed by atoms with Gasteiger partial charge in [-0.2, -0.15) is 4.31 Å². The highest BCUT2D eigenvalue weighted by Gasteiger charge is 2.33. The van der Waals surface area contributed by atoms with Crippen molar-refractivity contribution < 1.29 is 18.0 Å². The highest BCUT2D eigenvalue weighted by molar-refractivity contribution is 9.10. The van der Waals surface area contributed by atoms with E-state index in [0.717, 1.165) is 30.7 Å². The molecule has 0 bridgehead atoms. The number of nitrogens with zero attached hydrogens (tertiary/aromatic N) is 2. The maximum Gasteiger partial charge on any atom is 0.243 e. The van der Waals surface area contributed by atoms with Crippen molar-refractivity contribution >= 4 is 48.5 Å². The Hall–Kier alpha value is -3.53. The lowest BCUT2D eigenvalue weighted by Gasteiger charge is -2.33. The second kappa shape index (κ2) is 13.4. The van der Waals surface area contributed by atoms with Crippen LogP contribution < -0.4 is 5.32 Å². The van der Waals surface area contributed by atoms with E-state index in [-0.39, 0.29) is 29.8 Å². The van der Waals surface area contributed by atoms with Crippen LogP contribution in [0.3, 0.4) is 0 Å². The zero-order valence-corrected chi connectivity index (χ0v) is 25.7. The summed E-state index contributed by atoms with van der Waals surface area (Å²) in [5, 5.41) is 4.66. The van der Waals surface area contributed by atoms with Crippen molar-refractivity contribution in [3.8, 4) is 0 Å². The van der Waals surface area contributed by atoms with Crippen molar-refractivity contribution in [1.29, 1.82) is 0 Å². The maximum atomic E-state index is 14.0. The number of halogens is 1. The van der Waals surface area contributed by atoms with E-state index >= 15 is 0 Å². The Morgan fingerprint density at radius 3 is 2.12 bits per heavy atom. The van der Waals surface area contributed by atoms with Crippen LogP contribution in [-0.2, 0) is 32.6 Å². The van der Waals surface area contributed by atoms with Gasteiger partial charge in [0.2, 0.25) is 21.8 Å². The summed E-state index contributed by atoms with van der Waals surface area (Å²) in [5.41, 5.74) is 1.71. The molecule has 4 aromatic carbocycles. The summed E-state index contributed by atoms with van der Waals surface area (Å²) in [4.78, 5) is 29.1. The molecular weight excluding hydrogens is 602 g/mol. The molecule has 41 heavy (non-hydrogen) atoms. The molecule has 0 radical (unpaired) electrons. The first-order valence-electron chi connectivity index (χ1n) is 13.4. The Morgan fingerprint density at radius 2 is 1.46 bits per heavy atom. The van der Waals surface area contributed by atoms with Crippen LogP contribution >= 0.6 is 15.9 Å². The maximum absolute atomic E-state index is 14.0. The number of nitrogens with one attached hydrogen (secondary N) is 1. The van der Waals surface area contributed by atoms with Gasteiger partial charge in [-0.15, -0.1) is 0 Å². The van der Waals surface area contributed by atoms with Gasteiger partial charge in [0.15, 0.2) is 0 Å². The SMILES string of the molecule is CC(C)NC(=O)[C@@H](Cc1ccccc1)N(Cc1ccc(Br)cc1)C(=O)CN(C)S(=O)(=O)c1ccc2ccccc2c1. The summed E-state index contributed by atoms with van der Waals surface area (Å²) in [6, 6.07) is 28.4. The summed E-state index contributed by atoms with van der Waals surface area (Å²) in [6.45, 7) is 3.44.